The number of carboxylic acids is 1. The highest BCUT2D eigenvalue weighted by Crippen LogP contribution is 2.35. The lowest BCUT2D eigenvalue weighted by Crippen LogP contribution is -2.40. The van der Waals surface area contributed by atoms with Crippen LogP contribution in [-0.4, -0.2) is 30.1 Å². The van der Waals surface area contributed by atoms with Crippen LogP contribution in [0.1, 0.15) is 47.3 Å². The van der Waals surface area contributed by atoms with E-state index in [0.717, 1.165) is 6.07 Å². The number of hydrogen-bond donors (Lipinski definition) is 2. The summed E-state index contributed by atoms with van der Waals surface area (Å²) in [4.78, 5) is 26.2. The topological polar surface area (TPSA) is 82.8 Å². The van der Waals surface area contributed by atoms with E-state index in [1.807, 2.05) is 0 Å². The van der Waals surface area contributed by atoms with Gasteiger partial charge in [0.25, 0.3) is 5.92 Å². The van der Waals surface area contributed by atoms with Crippen LogP contribution in [-0.2, 0) is 0 Å². The summed E-state index contributed by atoms with van der Waals surface area (Å²) in [5, 5.41) is 12.5. The first kappa shape index (κ1) is 22.7. The average Bonchev–Trinajstić information content (AvgIpc) is 2.76. The van der Waals surface area contributed by atoms with Gasteiger partial charge in [-0.2, -0.15) is 0 Å². The van der Waals surface area contributed by atoms with E-state index in [2.05, 4.69) is 5.32 Å². The van der Waals surface area contributed by atoms with E-state index in [-0.39, 0.29) is 53.9 Å². The van der Waals surface area contributed by atoms with Gasteiger partial charge in [0.15, 0.2) is 5.43 Å². The Morgan fingerprint density at radius 3 is 2.55 bits per heavy atom. The summed E-state index contributed by atoms with van der Waals surface area (Å²) >= 11 is 0. The number of piperidine rings is 1. The fourth-order valence-electron chi connectivity index (χ4n) is 4.14. The van der Waals surface area contributed by atoms with Crippen LogP contribution < -0.4 is 15.6 Å². The number of benzene rings is 2. The van der Waals surface area contributed by atoms with E-state index in [1.54, 1.807) is 30.0 Å². The largest absolute Gasteiger partial charge is 0.478 e. The van der Waals surface area contributed by atoms with Gasteiger partial charge in [-0.1, -0.05) is 12.1 Å². The number of rotatable bonds is 5. The van der Waals surface area contributed by atoms with Crippen LogP contribution in [0.5, 0.6) is 0 Å². The number of nitrogens with one attached hydrogen (secondary N) is 1. The molecule has 1 aromatic heterocycles. The first-order chi connectivity index (χ1) is 15.6. The van der Waals surface area contributed by atoms with E-state index < -0.39 is 29.2 Å². The number of alkyl halides is 2. The van der Waals surface area contributed by atoms with E-state index in [1.165, 1.54) is 19.1 Å². The van der Waals surface area contributed by atoms with Gasteiger partial charge >= 0.3 is 5.97 Å². The molecular formula is C24H23F3N2O4. The first-order valence-electron chi connectivity index (χ1n) is 10.6. The Labute approximate surface area is 187 Å². The molecule has 1 fully saturated rings. The van der Waals surface area contributed by atoms with Crippen LogP contribution in [0.3, 0.4) is 0 Å². The second-order valence-corrected chi connectivity index (χ2v) is 8.29. The number of carboxylic acid groups (broad SMARTS) is 1. The zero-order valence-corrected chi connectivity index (χ0v) is 18.1. The summed E-state index contributed by atoms with van der Waals surface area (Å²) in [6.07, 6.45) is -0.706. The van der Waals surface area contributed by atoms with Crippen LogP contribution >= 0.6 is 0 Å². The fraction of sp³-hybridized carbons (Fsp3) is 0.333. The Bertz CT molecular complexity index is 1280. The number of aromatic carboxylic acids is 1. The van der Waals surface area contributed by atoms with Gasteiger partial charge in [0.05, 0.1) is 22.6 Å². The molecule has 174 valence electrons. The quantitative estimate of drug-likeness (QED) is 0.534. The molecular weight excluding hydrogens is 437 g/mol. The van der Waals surface area contributed by atoms with E-state index in [4.69, 9.17) is 4.42 Å². The zero-order chi connectivity index (χ0) is 23.9. The Balaban J connectivity index is 1.80. The molecule has 9 heteroatoms. The van der Waals surface area contributed by atoms with Crippen molar-refractivity contribution >= 4 is 28.5 Å². The van der Waals surface area contributed by atoms with Crippen molar-refractivity contribution in [2.45, 2.75) is 38.7 Å². The molecule has 0 spiro atoms. The number of carbonyl (C=O) groups is 1. The van der Waals surface area contributed by atoms with Gasteiger partial charge in [-0.05, 0) is 38.1 Å². The average molecular weight is 460 g/mol. The summed E-state index contributed by atoms with van der Waals surface area (Å²) in [5.74, 6) is -4.34. The van der Waals surface area contributed by atoms with Gasteiger partial charge in [0, 0.05) is 37.2 Å². The Morgan fingerprint density at radius 1 is 1.21 bits per heavy atom. The number of nitrogens with zero attached hydrogens (tertiary/aromatic N) is 1. The highest BCUT2D eigenvalue weighted by Gasteiger charge is 2.35. The predicted molar refractivity (Wildman–Crippen MR) is 119 cm³/mol. The summed E-state index contributed by atoms with van der Waals surface area (Å²) in [7, 11) is 0. The second-order valence-electron chi connectivity index (χ2n) is 8.29. The van der Waals surface area contributed by atoms with Gasteiger partial charge in [0.1, 0.15) is 11.4 Å². The monoisotopic (exact) mass is 460 g/mol. The van der Waals surface area contributed by atoms with Crippen molar-refractivity contribution in [3.63, 3.8) is 0 Å². The van der Waals surface area contributed by atoms with Crippen LogP contribution in [0.2, 0.25) is 0 Å². The molecule has 0 amide bonds. The van der Waals surface area contributed by atoms with Crippen LogP contribution in [0, 0.1) is 12.7 Å². The van der Waals surface area contributed by atoms with Gasteiger partial charge in [-0.3, -0.25) is 4.79 Å². The zero-order valence-electron chi connectivity index (χ0n) is 18.1. The molecule has 3 aromatic rings. The third-order valence-electron chi connectivity index (χ3n) is 5.97. The fourth-order valence-corrected chi connectivity index (χ4v) is 4.14. The normalized spacial score (nSPS) is 16.6. The molecule has 1 saturated heterocycles. The maximum Gasteiger partial charge on any atom is 0.337 e. The Kier molecular flexibility index (Phi) is 5.82. The molecule has 0 unspecified atom stereocenters. The molecule has 0 saturated carbocycles. The van der Waals surface area contributed by atoms with Gasteiger partial charge in [0.2, 0.25) is 5.88 Å². The van der Waals surface area contributed by atoms with Gasteiger partial charge in [-0.25, -0.2) is 18.0 Å². The smallest absolute Gasteiger partial charge is 0.337 e. The minimum Gasteiger partial charge on any atom is -0.478 e. The van der Waals surface area contributed by atoms with Gasteiger partial charge < -0.3 is 19.7 Å². The molecule has 2 heterocycles. The first-order valence-corrected chi connectivity index (χ1v) is 10.6. The highest BCUT2D eigenvalue weighted by atomic mass is 19.3. The SMILES string of the molecule is Cc1c(N2CCC(F)(F)CC2)oc2c([C@H](C)Nc3ccccc3C(=O)O)cc(F)cc2c1=O. The molecule has 1 aliphatic heterocycles. The van der Waals surface area contributed by atoms with Crippen LogP contribution in [0.4, 0.5) is 24.7 Å². The lowest BCUT2D eigenvalue weighted by atomic mass is 10.0. The second kappa shape index (κ2) is 8.46. The lowest BCUT2D eigenvalue weighted by molar-refractivity contribution is -0.0225. The molecule has 2 N–H and O–H groups in total. The number of para-hydroxylation sites is 1. The van der Waals surface area contributed by atoms with Crippen molar-refractivity contribution in [1.82, 2.24) is 0 Å². The minimum atomic E-state index is -2.76. The molecule has 0 aliphatic carbocycles. The Morgan fingerprint density at radius 2 is 1.88 bits per heavy atom. The third-order valence-corrected chi connectivity index (χ3v) is 5.97. The number of fused-ring (bicyclic) bond motifs is 1. The van der Waals surface area contributed by atoms with Crippen LogP contribution in [0.25, 0.3) is 11.0 Å². The van der Waals surface area contributed by atoms with E-state index in [9.17, 15) is 27.9 Å². The van der Waals surface area contributed by atoms with Crippen molar-refractivity contribution in [1.29, 1.82) is 0 Å². The van der Waals surface area contributed by atoms with Crippen molar-refractivity contribution in [3.05, 3.63) is 69.1 Å². The molecule has 6 nitrogen and oxygen atoms in total. The summed E-state index contributed by atoms with van der Waals surface area (Å²) < 4.78 is 47.8. The molecule has 1 aliphatic rings. The highest BCUT2D eigenvalue weighted by molar-refractivity contribution is 5.94. The maximum atomic E-state index is 14.5. The molecule has 0 bridgehead atoms. The van der Waals surface area contributed by atoms with Crippen molar-refractivity contribution in [3.8, 4) is 0 Å². The Hall–Kier alpha value is -3.49. The number of halogens is 3. The van der Waals surface area contributed by atoms with E-state index >= 15 is 0 Å². The summed E-state index contributed by atoms with van der Waals surface area (Å²) in [5.41, 5.74) is 0.585. The molecule has 2 aromatic carbocycles. The van der Waals surface area contributed by atoms with E-state index in [0.29, 0.717) is 11.3 Å². The standard InChI is InChI=1S/C24H23F3N2O4/c1-13-20(30)18-12-15(25)11-17(14(2)28-19-6-4-3-5-16(19)23(31)32)21(18)33-22(13)29-9-7-24(26,27)8-10-29/h3-6,11-12,14,28H,7-10H2,1-2H3,(H,31,32)/t14-/m0/s1. The van der Waals surface area contributed by atoms with Crippen molar-refractivity contribution < 1.29 is 27.5 Å². The molecule has 33 heavy (non-hydrogen) atoms. The minimum absolute atomic E-state index is 0.0264. The molecule has 4 rings (SSSR count). The summed E-state index contributed by atoms with van der Waals surface area (Å²) in [6.45, 7) is 3.27. The molecule has 0 radical (unpaired) electrons. The van der Waals surface area contributed by atoms with Gasteiger partial charge in [-0.15, -0.1) is 0 Å². The summed E-state index contributed by atoms with van der Waals surface area (Å²) in [6, 6.07) is 7.95. The number of anilines is 2. The third kappa shape index (κ3) is 4.40. The van der Waals surface area contributed by atoms with Crippen molar-refractivity contribution in [2.24, 2.45) is 0 Å². The predicted octanol–water partition coefficient (Wildman–Crippen LogP) is 5.35. The maximum absolute atomic E-state index is 14.5. The molecule has 1 atom stereocenters. The van der Waals surface area contributed by atoms with Crippen molar-refractivity contribution in [2.75, 3.05) is 23.3 Å². The van der Waals surface area contributed by atoms with Crippen LogP contribution in [0.15, 0.2) is 45.6 Å². The number of hydrogen-bond acceptors (Lipinski definition) is 5. The lowest BCUT2D eigenvalue weighted by Gasteiger charge is -2.33.